The lowest BCUT2D eigenvalue weighted by atomic mass is 10.3. The van der Waals surface area contributed by atoms with E-state index < -0.39 is 0 Å². The van der Waals surface area contributed by atoms with Crippen LogP contribution >= 0.6 is 24.8 Å². The van der Waals surface area contributed by atoms with E-state index in [0.29, 0.717) is 19.0 Å². The molecule has 116 valence electrons. The number of rotatable bonds is 3. The summed E-state index contributed by atoms with van der Waals surface area (Å²) >= 11 is 0. The molecule has 8 heteroatoms. The predicted octanol–water partition coefficient (Wildman–Crippen LogP) is 1.31. The van der Waals surface area contributed by atoms with E-state index in [0.717, 1.165) is 24.1 Å². The van der Waals surface area contributed by atoms with E-state index in [1.54, 1.807) is 0 Å². The van der Waals surface area contributed by atoms with Crippen molar-refractivity contribution in [2.45, 2.75) is 6.42 Å². The molecule has 0 unspecified atom stereocenters. The molecule has 21 heavy (non-hydrogen) atoms. The van der Waals surface area contributed by atoms with Gasteiger partial charge in [0.05, 0.1) is 30.7 Å². The molecule has 1 saturated heterocycles. The fourth-order valence-corrected chi connectivity index (χ4v) is 2.13. The second-order valence-electron chi connectivity index (χ2n) is 4.51. The van der Waals surface area contributed by atoms with Crippen molar-refractivity contribution in [1.29, 1.82) is 0 Å². The molecule has 0 bridgehead atoms. The topological polar surface area (TPSA) is 70.2 Å². The van der Waals surface area contributed by atoms with Gasteiger partial charge in [-0.1, -0.05) is 12.1 Å². The minimum atomic E-state index is -0.0547. The Hall–Kier alpha value is -1.34. The number of H-pyrrole nitrogens is 1. The van der Waals surface area contributed by atoms with Gasteiger partial charge in [0, 0.05) is 13.1 Å². The van der Waals surface area contributed by atoms with Crippen LogP contribution in [0.3, 0.4) is 0 Å². The summed E-state index contributed by atoms with van der Waals surface area (Å²) in [5, 5.41) is 1.88. The Balaban J connectivity index is 0.00000110. The van der Waals surface area contributed by atoms with E-state index in [4.69, 9.17) is 4.74 Å². The Morgan fingerprint density at radius 3 is 2.71 bits per heavy atom. The normalized spacial score (nSPS) is 15.0. The lowest BCUT2D eigenvalue weighted by Crippen LogP contribution is -2.48. The lowest BCUT2D eigenvalue weighted by molar-refractivity contribution is -0.127. The molecular formula is C13H18Cl2N4O2. The SMILES string of the molecule is Cl.Cl.O=C(Cc1nc2ccccc2[nH]1)NN1CCOCC1. The first kappa shape index (κ1) is 17.7. The fraction of sp³-hybridized carbons (Fsp3) is 0.385. The number of carbonyl (C=O) groups excluding carboxylic acids is 1. The first-order chi connectivity index (χ1) is 9.31. The van der Waals surface area contributed by atoms with Crippen molar-refractivity contribution in [1.82, 2.24) is 20.4 Å². The summed E-state index contributed by atoms with van der Waals surface area (Å²) in [4.78, 5) is 19.4. The number of imidazole rings is 1. The molecule has 3 rings (SSSR count). The molecule has 1 aromatic carbocycles. The van der Waals surface area contributed by atoms with Gasteiger partial charge >= 0.3 is 0 Å². The van der Waals surface area contributed by atoms with Gasteiger partial charge in [-0.15, -0.1) is 24.8 Å². The first-order valence-electron chi connectivity index (χ1n) is 6.37. The summed E-state index contributed by atoms with van der Waals surface area (Å²) in [6.07, 6.45) is 0.256. The molecule has 0 atom stereocenters. The number of amides is 1. The van der Waals surface area contributed by atoms with Gasteiger partial charge in [-0.05, 0) is 12.1 Å². The number of aromatic nitrogens is 2. The average molecular weight is 333 g/mol. The van der Waals surface area contributed by atoms with Crippen LogP contribution in [0.4, 0.5) is 0 Å². The van der Waals surface area contributed by atoms with Crippen molar-refractivity contribution in [3.63, 3.8) is 0 Å². The van der Waals surface area contributed by atoms with Gasteiger partial charge in [0.1, 0.15) is 5.82 Å². The number of para-hydroxylation sites is 2. The zero-order valence-corrected chi connectivity index (χ0v) is 13.0. The van der Waals surface area contributed by atoms with Crippen molar-refractivity contribution in [3.05, 3.63) is 30.1 Å². The van der Waals surface area contributed by atoms with Gasteiger partial charge in [0.2, 0.25) is 5.91 Å². The number of hydrogen-bond donors (Lipinski definition) is 2. The van der Waals surface area contributed by atoms with Crippen molar-refractivity contribution in [2.75, 3.05) is 26.3 Å². The van der Waals surface area contributed by atoms with E-state index in [1.807, 2.05) is 29.3 Å². The molecule has 1 amide bonds. The largest absolute Gasteiger partial charge is 0.379 e. The summed E-state index contributed by atoms with van der Waals surface area (Å²) in [6.45, 7) is 2.77. The molecule has 0 radical (unpaired) electrons. The highest BCUT2D eigenvalue weighted by Crippen LogP contribution is 2.10. The van der Waals surface area contributed by atoms with Crippen molar-refractivity contribution in [3.8, 4) is 0 Å². The molecule has 0 aliphatic carbocycles. The summed E-state index contributed by atoms with van der Waals surface area (Å²) in [5.74, 6) is 0.632. The third-order valence-corrected chi connectivity index (χ3v) is 3.06. The zero-order chi connectivity index (χ0) is 13.1. The first-order valence-corrected chi connectivity index (χ1v) is 6.37. The van der Waals surface area contributed by atoms with E-state index in [2.05, 4.69) is 15.4 Å². The molecule has 6 nitrogen and oxygen atoms in total. The second-order valence-corrected chi connectivity index (χ2v) is 4.51. The fourth-order valence-electron chi connectivity index (χ4n) is 2.13. The average Bonchev–Trinajstić information content (AvgIpc) is 2.81. The molecule has 0 spiro atoms. The van der Waals surface area contributed by atoms with Gasteiger partial charge in [-0.25, -0.2) is 9.99 Å². The summed E-state index contributed by atoms with van der Waals surface area (Å²) in [6, 6.07) is 7.75. The molecule has 2 heterocycles. The number of nitrogens with zero attached hydrogens (tertiary/aromatic N) is 2. The smallest absolute Gasteiger partial charge is 0.241 e. The molecule has 1 aromatic heterocycles. The Bertz CT molecular complexity index is 551. The number of ether oxygens (including phenoxy) is 1. The van der Waals surface area contributed by atoms with E-state index in [1.165, 1.54) is 0 Å². The maximum absolute atomic E-state index is 11.9. The van der Waals surface area contributed by atoms with Gasteiger partial charge in [0.25, 0.3) is 0 Å². The van der Waals surface area contributed by atoms with Crippen molar-refractivity contribution in [2.24, 2.45) is 0 Å². The number of fused-ring (bicyclic) bond motifs is 1. The summed E-state index contributed by atoms with van der Waals surface area (Å²) in [5.41, 5.74) is 4.71. The number of hydrazine groups is 1. The van der Waals surface area contributed by atoms with Crippen LogP contribution < -0.4 is 5.43 Å². The van der Waals surface area contributed by atoms with Crippen molar-refractivity contribution < 1.29 is 9.53 Å². The summed E-state index contributed by atoms with van der Waals surface area (Å²) < 4.78 is 5.23. The quantitative estimate of drug-likeness (QED) is 0.889. The molecular weight excluding hydrogens is 315 g/mol. The van der Waals surface area contributed by atoms with Crippen LogP contribution in [0.15, 0.2) is 24.3 Å². The van der Waals surface area contributed by atoms with E-state index >= 15 is 0 Å². The van der Waals surface area contributed by atoms with E-state index in [9.17, 15) is 4.79 Å². The summed E-state index contributed by atoms with van der Waals surface area (Å²) in [7, 11) is 0. The third-order valence-electron chi connectivity index (χ3n) is 3.06. The van der Waals surface area contributed by atoms with Crippen molar-refractivity contribution >= 4 is 41.8 Å². The minimum Gasteiger partial charge on any atom is -0.379 e. The number of morpholine rings is 1. The second kappa shape index (κ2) is 8.19. The molecule has 1 aliphatic rings. The van der Waals surface area contributed by atoms with Gasteiger partial charge in [-0.3, -0.25) is 10.2 Å². The zero-order valence-electron chi connectivity index (χ0n) is 11.4. The standard InChI is InChI=1S/C13H16N4O2.2ClH/c18-13(16-17-5-7-19-8-6-17)9-12-14-10-3-1-2-4-11(10)15-12;;/h1-4H,5-9H2,(H,14,15)(H,16,18);2*1H. The van der Waals surface area contributed by atoms with E-state index in [-0.39, 0.29) is 37.1 Å². The number of nitrogens with one attached hydrogen (secondary N) is 2. The number of carbonyl (C=O) groups is 1. The minimum absolute atomic E-state index is 0. The molecule has 2 N–H and O–H groups in total. The van der Waals surface area contributed by atoms with Gasteiger partial charge in [0.15, 0.2) is 0 Å². The number of halogens is 2. The maximum atomic E-state index is 11.9. The Morgan fingerprint density at radius 1 is 1.29 bits per heavy atom. The van der Waals surface area contributed by atoms with Crippen LogP contribution in [0, 0.1) is 0 Å². The number of hydrogen-bond acceptors (Lipinski definition) is 4. The van der Waals surface area contributed by atoms with Crippen LogP contribution in [-0.4, -0.2) is 47.2 Å². The Labute approximate surface area is 135 Å². The van der Waals surface area contributed by atoms with Crippen LogP contribution in [0.1, 0.15) is 5.82 Å². The highest BCUT2D eigenvalue weighted by Gasteiger charge is 2.14. The van der Waals surface area contributed by atoms with Crippen LogP contribution in [0.5, 0.6) is 0 Å². The monoisotopic (exact) mass is 332 g/mol. The van der Waals surface area contributed by atoms with Crippen LogP contribution in [0.25, 0.3) is 11.0 Å². The molecule has 1 fully saturated rings. The molecule has 2 aromatic rings. The molecule has 1 aliphatic heterocycles. The van der Waals surface area contributed by atoms with Crippen LogP contribution in [-0.2, 0) is 16.0 Å². The lowest BCUT2D eigenvalue weighted by Gasteiger charge is -2.26. The number of benzene rings is 1. The van der Waals surface area contributed by atoms with Crippen LogP contribution in [0.2, 0.25) is 0 Å². The van der Waals surface area contributed by atoms with Gasteiger partial charge in [-0.2, -0.15) is 0 Å². The highest BCUT2D eigenvalue weighted by atomic mass is 35.5. The van der Waals surface area contributed by atoms with Gasteiger partial charge < -0.3 is 9.72 Å². The maximum Gasteiger partial charge on any atom is 0.241 e. The predicted molar refractivity (Wildman–Crippen MR) is 84.8 cm³/mol. The number of aromatic amines is 1. The Morgan fingerprint density at radius 2 is 2.00 bits per heavy atom. The third kappa shape index (κ3) is 4.57. The highest BCUT2D eigenvalue weighted by molar-refractivity contribution is 5.85. The Kier molecular flexibility index (Phi) is 6.91. The molecule has 0 saturated carbocycles.